The molecule has 0 N–H and O–H groups in total. The molecule has 0 saturated heterocycles. The lowest BCUT2D eigenvalue weighted by Crippen LogP contribution is -1.99. The molecule has 5 heteroatoms. The van der Waals surface area contributed by atoms with E-state index >= 15 is 0 Å². The quantitative estimate of drug-likeness (QED) is 0.519. The summed E-state index contributed by atoms with van der Waals surface area (Å²) in [5.41, 5.74) is 0.860. The van der Waals surface area contributed by atoms with Gasteiger partial charge in [0, 0.05) is 5.56 Å². The highest BCUT2D eigenvalue weighted by molar-refractivity contribution is 7.85. The Bertz CT molecular complexity index is 433. The molecule has 0 aliphatic heterocycles. The van der Waals surface area contributed by atoms with Crippen LogP contribution < -0.4 is 0 Å². The largest absolute Gasteiger partial charge is 0.744 e. The maximum absolute atomic E-state index is 10.5. The summed E-state index contributed by atoms with van der Waals surface area (Å²) in [6.45, 7) is 1.57. The van der Waals surface area contributed by atoms with Gasteiger partial charge in [-0.2, -0.15) is 0 Å². The van der Waals surface area contributed by atoms with Crippen molar-refractivity contribution >= 4 is 16.4 Å². The van der Waals surface area contributed by atoms with Gasteiger partial charge in [0.25, 0.3) is 0 Å². The van der Waals surface area contributed by atoms with E-state index in [2.05, 4.69) is 0 Å². The zero-order chi connectivity index (χ0) is 10.1. The minimum absolute atomic E-state index is 0.310. The fourth-order valence-electron chi connectivity index (χ4n) is 0.936. The van der Waals surface area contributed by atoms with E-state index in [0.29, 0.717) is 17.4 Å². The second-order valence-electron chi connectivity index (χ2n) is 2.59. The SMILES string of the molecule is Cc1cc(S(=O)(=O)[O-])ccc1C=O. The predicted octanol–water partition coefficient (Wildman–Crippen LogP) is 0.712. The maximum Gasteiger partial charge on any atom is 0.150 e. The Balaban J connectivity index is 3.34. The summed E-state index contributed by atoms with van der Waals surface area (Å²) >= 11 is 0. The molecule has 0 radical (unpaired) electrons. The normalized spacial score (nSPS) is 11.2. The lowest BCUT2D eigenvalue weighted by molar-refractivity contribution is 0.112. The first-order valence-corrected chi connectivity index (χ1v) is 4.87. The number of rotatable bonds is 2. The third-order valence-corrected chi connectivity index (χ3v) is 2.49. The summed E-state index contributed by atoms with van der Waals surface area (Å²) in [4.78, 5) is 10.1. The molecule has 0 aliphatic carbocycles. The van der Waals surface area contributed by atoms with Crippen LogP contribution in [0.4, 0.5) is 0 Å². The van der Waals surface area contributed by atoms with E-state index in [0.717, 1.165) is 6.07 Å². The van der Waals surface area contributed by atoms with Crippen LogP contribution in [0.2, 0.25) is 0 Å². The first-order valence-electron chi connectivity index (χ1n) is 3.47. The van der Waals surface area contributed by atoms with E-state index in [1.807, 2.05) is 0 Å². The van der Waals surface area contributed by atoms with Gasteiger partial charge in [-0.3, -0.25) is 4.79 Å². The lowest BCUT2D eigenvalue weighted by Gasteiger charge is -2.08. The van der Waals surface area contributed by atoms with Crippen molar-refractivity contribution < 1.29 is 17.8 Å². The van der Waals surface area contributed by atoms with Crippen LogP contribution in [0.1, 0.15) is 15.9 Å². The van der Waals surface area contributed by atoms with Gasteiger partial charge < -0.3 is 4.55 Å². The second-order valence-corrected chi connectivity index (χ2v) is 3.97. The van der Waals surface area contributed by atoms with Gasteiger partial charge in [0.05, 0.1) is 4.90 Å². The first kappa shape index (κ1) is 9.88. The van der Waals surface area contributed by atoms with Crippen LogP contribution in [-0.4, -0.2) is 19.3 Å². The van der Waals surface area contributed by atoms with Gasteiger partial charge in [-0.05, 0) is 24.6 Å². The van der Waals surface area contributed by atoms with Gasteiger partial charge in [0.1, 0.15) is 16.4 Å². The monoisotopic (exact) mass is 199 g/mol. The number of benzene rings is 1. The topological polar surface area (TPSA) is 74.3 Å². The minimum atomic E-state index is -4.42. The van der Waals surface area contributed by atoms with Crippen LogP contribution in [0.5, 0.6) is 0 Å². The Labute approximate surface area is 76.0 Å². The van der Waals surface area contributed by atoms with Gasteiger partial charge in [0.15, 0.2) is 0 Å². The number of aryl methyl sites for hydroxylation is 1. The summed E-state index contributed by atoms with van der Waals surface area (Å²) in [6.07, 6.45) is 0.608. The van der Waals surface area contributed by atoms with Gasteiger partial charge in [-0.15, -0.1) is 0 Å². The van der Waals surface area contributed by atoms with Crippen LogP contribution in [0.25, 0.3) is 0 Å². The zero-order valence-electron chi connectivity index (χ0n) is 6.85. The standard InChI is InChI=1S/C8H8O4S/c1-6-4-8(13(10,11)12)3-2-7(6)5-9/h2-5H,1H3,(H,10,11,12)/p-1. The number of carbonyl (C=O) groups is 1. The van der Waals surface area contributed by atoms with Crippen molar-refractivity contribution in [1.29, 1.82) is 0 Å². The Morgan fingerprint density at radius 2 is 2.00 bits per heavy atom. The smallest absolute Gasteiger partial charge is 0.150 e. The van der Waals surface area contributed by atoms with Gasteiger partial charge in [-0.1, -0.05) is 6.07 Å². The highest BCUT2D eigenvalue weighted by atomic mass is 32.2. The molecule has 0 atom stereocenters. The molecular formula is C8H7O4S-. The Kier molecular flexibility index (Phi) is 2.49. The molecule has 13 heavy (non-hydrogen) atoms. The van der Waals surface area contributed by atoms with Crippen molar-refractivity contribution in [3.63, 3.8) is 0 Å². The van der Waals surface area contributed by atoms with Crippen molar-refractivity contribution in [2.24, 2.45) is 0 Å². The molecule has 0 bridgehead atoms. The average molecular weight is 199 g/mol. The fraction of sp³-hybridized carbons (Fsp3) is 0.125. The van der Waals surface area contributed by atoms with Crippen LogP contribution >= 0.6 is 0 Å². The molecule has 4 nitrogen and oxygen atoms in total. The number of carbonyl (C=O) groups excluding carboxylic acids is 1. The van der Waals surface area contributed by atoms with Crippen molar-refractivity contribution in [2.45, 2.75) is 11.8 Å². The highest BCUT2D eigenvalue weighted by Gasteiger charge is 2.03. The molecule has 0 aromatic heterocycles. The van der Waals surface area contributed by atoms with E-state index in [9.17, 15) is 17.8 Å². The molecule has 1 aromatic rings. The average Bonchev–Trinajstić information content (AvgIpc) is 2.02. The Morgan fingerprint density at radius 3 is 2.38 bits per heavy atom. The van der Waals surface area contributed by atoms with E-state index in [4.69, 9.17) is 0 Å². The van der Waals surface area contributed by atoms with Crippen molar-refractivity contribution in [3.05, 3.63) is 29.3 Å². The summed E-state index contributed by atoms with van der Waals surface area (Å²) in [5, 5.41) is 0. The molecule has 1 aromatic carbocycles. The molecular weight excluding hydrogens is 192 g/mol. The Hall–Kier alpha value is -1.20. The molecule has 1 rings (SSSR count). The molecule has 0 fully saturated rings. The molecule has 0 unspecified atom stereocenters. The lowest BCUT2D eigenvalue weighted by atomic mass is 10.1. The van der Waals surface area contributed by atoms with E-state index < -0.39 is 10.1 Å². The van der Waals surface area contributed by atoms with Crippen LogP contribution in [0.3, 0.4) is 0 Å². The molecule has 0 heterocycles. The van der Waals surface area contributed by atoms with Crippen molar-refractivity contribution in [3.8, 4) is 0 Å². The summed E-state index contributed by atoms with van der Waals surface area (Å²) in [5.74, 6) is 0. The van der Waals surface area contributed by atoms with Gasteiger partial charge in [0.2, 0.25) is 0 Å². The van der Waals surface area contributed by atoms with Crippen molar-refractivity contribution in [1.82, 2.24) is 0 Å². The number of aldehydes is 1. The molecule has 0 saturated carbocycles. The Morgan fingerprint density at radius 1 is 1.38 bits per heavy atom. The molecule has 0 amide bonds. The minimum Gasteiger partial charge on any atom is -0.744 e. The second kappa shape index (κ2) is 3.27. The highest BCUT2D eigenvalue weighted by Crippen LogP contribution is 2.13. The molecule has 70 valence electrons. The predicted molar refractivity (Wildman–Crippen MR) is 44.5 cm³/mol. The van der Waals surface area contributed by atoms with E-state index in [-0.39, 0.29) is 4.90 Å². The third kappa shape index (κ3) is 2.13. The zero-order valence-corrected chi connectivity index (χ0v) is 7.67. The van der Waals surface area contributed by atoms with E-state index in [1.165, 1.54) is 12.1 Å². The summed E-state index contributed by atoms with van der Waals surface area (Å²) < 4.78 is 31.6. The van der Waals surface area contributed by atoms with Crippen LogP contribution in [0, 0.1) is 6.92 Å². The summed E-state index contributed by atoms with van der Waals surface area (Å²) in [6, 6.07) is 3.62. The van der Waals surface area contributed by atoms with Crippen molar-refractivity contribution in [2.75, 3.05) is 0 Å². The first-order chi connectivity index (χ1) is 5.95. The van der Waals surface area contributed by atoms with Crippen LogP contribution in [-0.2, 0) is 10.1 Å². The number of hydrogen-bond acceptors (Lipinski definition) is 4. The molecule has 0 spiro atoms. The van der Waals surface area contributed by atoms with Gasteiger partial charge in [-0.25, -0.2) is 8.42 Å². The van der Waals surface area contributed by atoms with E-state index in [1.54, 1.807) is 6.92 Å². The number of hydrogen-bond donors (Lipinski definition) is 0. The maximum atomic E-state index is 10.5. The third-order valence-electron chi connectivity index (χ3n) is 1.66. The van der Waals surface area contributed by atoms with Crippen LogP contribution in [0.15, 0.2) is 23.1 Å². The van der Waals surface area contributed by atoms with Gasteiger partial charge >= 0.3 is 0 Å². The molecule has 0 aliphatic rings. The summed E-state index contributed by atoms with van der Waals surface area (Å²) in [7, 11) is -4.42. The fourth-order valence-corrected chi connectivity index (χ4v) is 1.49.